The van der Waals surface area contributed by atoms with E-state index in [9.17, 15) is 14.4 Å². The number of nitrogens with zero attached hydrogens (tertiary/aromatic N) is 3. The van der Waals surface area contributed by atoms with E-state index in [4.69, 9.17) is 0 Å². The summed E-state index contributed by atoms with van der Waals surface area (Å²) in [5, 5.41) is 2.90. The number of hydrogen-bond acceptors (Lipinski definition) is 4. The SMILES string of the molecule is CC(=O)N1C=Cc2ccccc2C1CC(=O)N1CCN(CC(=O)Nc2ccccc2)CC1. The van der Waals surface area contributed by atoms with E-state index < -0.39 is 0 Å². The van der Waals surface area contributed by atoms with Gasteiger partial charge in [-0.3, -0.25) is 19.3 Å². The maximum absolute atomic E-state index is 13.1. The maximum Gasteiger partial charge on any atom is 0.238 e. The summed E-state index contributed by atoms with van der Waals surface area (Å²) >= 11 is 0. The Hall–Kier alpha value is -3.45. The van der Waals surface area contributed by atoms with Gasteiger partial charge in [-0.15, -0.1) is 0 Å². The Labute approximate surface area is 188 Å². The number of rotatable bonds is 5. The molecule has 7 nitrogen and oxygen atoms in total. The van der Waals surface area contributed by atoms with Crippen LogP contribution in [-0.2, 0) is 14.4 Å². The first-order valence-corrected chi connectivity index (χ1v) is 10.9. The van der Waals surface area contributed by atoms with Gasteiger partial charge >= 0.3 is 0 Å². The number of fused-ring (bicyclic) bond motifs is 1. The van der Waals surface area contributed by atoms with E-state index in [1.54, 1.807) is 11.1 Å². The van der Waals surface area contributed by atoms with E-state index in [0.29, 0.717) is 32.7 Å². The molecule has 1 fully saturated rings. The normalized spacial score (nSPS) is 18.2. The average Bonchev–Trinajstić information content (AvgIpc) is 2.80. The number of hydrogen-bond donors (Lipinski definition) is 1. The number of anilines is 1. The number of carbonyl (C=O) groups excluding carboxylic acids is 3. The molecular weight excluding hydrogens is 404 g/mol. The molecule has 2 aliphatic heterocycles. The van der Waals surface area contributed by atoms with E-state index in [0.717, 1.165) is 16.8 Å². The third-order valence-electron chi connectivity index (χ3n) is 5.99. The molecule has 4 rings (SSSR count). The molecule has 1 atom stereocenters. The summed E-state index contributed by atoms with van der Waals surface area (Å²) in [6, 6.07) is 17.0. The van der Waals surface area contributed by atoms with E-state index in [1.807, 2.05) is 65.6 Å². The third-order valence-corrected chi connectivity index (χ3v) is 5.99. The van der Waals surface area contributed by atoms with Gasteiger partial charge in [0.1, 0.15) is 0 Å². The second-order valence-corrected chi connectivity index (χ2v) is 8.16. The van der Waals surface area contributed by atoms with Crippen LogP contribution < -0.4 is 5.32 Å². The second kappa shape index (κ2) is 9.78. The van der Waals surface area contributed by atoms with Crippen LogP contribution in [0.5, 0.6) is 0 Å². The lowest BCUT2D eigenvalue weighted by atomic mass is 9.93. The van der Waals surface area contributed by atoms with Crippen molar-refractivity contribution in [1.29, 1.82) is 0 Å². The first-order chi connectivity index (χ1) is 15.5. The summed E-state index contributed by atoms with van der Waals surface area (Å²) in [6.45, 7) is 4.26. The molecule has 166 valence electrons. The van der Waals surface area contributed by atoms with Crippen molar-refractivity contribution in [1.82, 2.24) is 14.7 Å². The van der Waals surface area contributed by atoms with Crippen LogP contribution in [0.25, 0.3) is 6.08 Å². The third kappa shape index (κ3) is 5.06. The Balaban J connectivity index is 1.32. The van der Waals surface area contributed by atoms with Crippen molar-refractivity contribution in [3.05, 3.63) is 71.9 Å². The molecule has 1 saturated heterocycles. The van der Waals surface area contributed by atoms with Crippen LogP contribution in [0.15, 0.2) is 60.8 Å². The smallest absolute Gasteiger partial charge is 0.238 e. The highest BCUT2D eigenvalue weighted by molar-refractivity contribution is 5.92. The fourth-order valence-corrected chi connectivity index (χ4v) is 4.29. The molecule has 2 aromatic carbocycles. The molecule has 2 aliphatic rings. The molecule has 0 aliphatic carbocycles. The van der Waals surface area contributed by atoms with Crippen molar-refractivity contribution < 1.29 is 14.4 Å². The molecular formula is C25H28N4O3. The number of benzene rings is 2. The molecule has 0 saturated carbocycles. The van der Waals surface area contributed by atoms with E-state index in [-0.39, 0.29) is 30.2 Å². The van der Waals surface area contributed by atoms with E-state index >= 15 is 0 Å². The molecule has 7 heteroatoms. The van der Waals surface area contributed by atoms with Crippen LogP contribution in [0.1, 0.15) is 30.5 Å². The predicted molar refractivity (Wildman–Crippen MR) is 123 cm³/mol. The molecule has 2 heterocycles. The molecule has 1 unspecified atom stereocenters. The summed E-state index contributed by atoms with van der Waals surface area (Å²) < 4.78 is 0. The Morgan fingerprint density at radius 1 is 0.938 bits per heavy atom. The zero-order valence-corrected chi connectivity index (χ0v) is 18.2. The Morgan fingerprint density at radius 3 is 2.34 bits per heavy atom. The van der Waals surface area contributed by atoms with Gasteiger partial charge in [0.2, 0.25) is 17.7 Å². The summed E-state index contributed by atoms with van der Waals surface area (Å²) in [4.78, 5) is 43.1. The van der Waals surface area contributed by atoms with Gasteiger partial charge in [0.15, 0.2) is 0 Å². The fourth-order valence-electron chi connectivity index (χ4n) is 4.29. The van der Waals surface area contributed by atoms with Gasteiger partial charge in [-0.2, -0.15) is 0 Å². The average molecular weight is 433 g/mol. The Bertz CT molecular complexity index is 1010. The van der Waals surface area contributed by atoms with Crippen molar-refractivity contribution in [3.63, 3.8) is 0 Å². The van der Waals surface area contributed by atoms with Crippen molar-refractivity contribution >= 4 is 29.5 Å². The number of carbonyl (C=O) groups is 3. The maximum atomic E-state index is 13.1. The number of piperazine rings is 1. The second-order valence-electron chi connectivity index (χ2n) is 8.16. The summed E-state index contributed by atoms with van der Waals surface area (Å²) in [5.74, 6) is -0.110. The molecule has 0 aromatic heterocycles. The number of para-hydroxylation sites is 1. The monoisotopic (exact) mass is 432 g/mol. The summed E-state index contributed by atoms with van der Waals surface area (Å²) in [6.07, 6.45) is 3.93. The lowest BCUT2D eigenvalue weighted by Crippen LogP contribution is -2.51. The fraction of sp³-hybridized carbons (Fsp3) is 0.320. The topological polar surface area (TPSA) is 73.0 Å². The molecule has 3 amide bonds. The largest absolute Gasteiger partial charge is 0.340 e. The van der Waals surface area contributed by atoms with Gasteiger partial charge in [-0.05, 0) is 29.3 Å². The molecule has 2 aromatic rings. The van der Waals surface area contributed by atoms with Gasteiger partial charge in [0.25, 0.3) is 0 Å². The predicted octanol–water partition coefficient (Wildman–Crippen LogP) is 2.73. The zero-order chi connectivity index (χ0) is 22.5. The van der Waals surface area contributed by atoms with E-state index in [2.05, 4.69) is 10.2 Å². The standard InChI is InChI=1S/C25H28N4O3/c1-19(30)29-12-11-20-7-5-6-10-22(20)23(29)17-25(32)28-15-13-27(14-16-28)18-24(31)26-21-8-3-2-4-9-21/h2-12,23H,13-18H2,1H3,(H,26,31). The molecule has 0 spiro atoms. The Kier molecular flexibility index (Phi) is 6.66. The van der Waals surface area contributed by atoms with Crippen LogP contribution in [0, 0.1) is 0 Å². The van der Waals surface area contributed by atoms with E-state index in [1.165, 1.54) is 6.92 Å². The quantitative estimate of drug-likeness (QED) is 0.789. The lowest BCUT2D eigenvalue weighted by molar-refractivity contribution is -0.136. The summed E-state index contributed by atoms with van der Waals surface area (Å²) in [5.41, 5.74) is 2.81. The first-order valence-electron chi connectivity index (χ1n) is 10.9. The van der Waals surface area contributed by atoms with Gasteiger partial charge < -0.3 is 15.1 Å². The zero-order valence-electron chi connectivity index (χ0n) is 18.2. The van der Waals surface area contributed by atoms with Crippen molar-refractivity contribution in [2.45, 2.75) is 19.4 Å². The van der Waals surface area contributed by atoms with Gasteiger partial charge in [0.05, 0.1) is 19.0 Å². The van der Waals surface area contributed by atoms with Gasteiger partial charge in [0, 0.05) is 45.0 Å². The highest BCUT2D eigenvalue weighted by atomic mass is 16.2. The molecule has 32 heavy (non-hydrogen) atoms. The van der Waals surface area contributed by atoms with Crippen molar-refractivity contribution in [3.8, 4) is 0 Å². The van der Waals surface area contributed by atoms with Crippen molar-refractivity contribution in [2.75, 3.05) is 38.0 Å². The van der Waals surface area contributed by atoms with Crippen molar-refractivity contribution in [2.24, 2.45) is 0 Å². The van der Waals surface area contributed by atoms with Gasteiger partial charge in [-0.1, -0.05) is 42.5 Å². The van der Waals surface area contributed by atoms with Crippen LogP contribution in [0.2, 0.25) is 0 Å². The summed E-state index contributed by atoms with van der Waals surface area (Å²) in [7, 11) is 0. The Morgan fingerprint density at radius 2 is 1.62 bits per heavy atom. The van der Waals surface area contributed by atoms with Crippen LogP contribution in [0.4, 0.5) is 5.69 Å². The molecule has 0 bridgehead atoms. The number of amides is 3. The highest BCUT2D eigenvalue weighted by Crippen LogP contribution is 2.33. The minimum absolute atomic E-state index is 0.0275. The first kappa shape index (κ1) is 21.8. The highest BCUT2D eigenvalue weighted by Gasteiger charge is 2.31. The van der Waals surface area contributed by atoms with Crippen LogP contribution >= 0.6 is 0 Å². The minimum Gasteiger partial charge on any atom is -0.340 e. The van der Waals surface area contributed by atoms with Crippen LogP contribution in [-0.4, -0.2) is 65.1 Å². The molecule has 1 N–H and O–H groups in total. The minimum atomic E-state index is -0.295. The lowest BCUT2D eigenvalue weighted by Gasteiger charge is -2.37. The molecule has 0 radical (unpaired) electrons. The van der Waals surface area contributed by atoms with Gasteiger partial charge in [-0.25, -0.2) is 0 Å². The number of nitrogens with one attached hydrogen (secondary N) is 1. The van der Waals surface area contributed by atoms with Crippen LogP contribution in [0.3, 0.4) is 0 Å².